The number of hydrogen-bond donors (Lipinski definition) is 0. The van der Waals surface area contributed by atoms with E-state index in [-0.39, 0.29) is 0 Å². The Morgan fingerprint density at radius 2 is 1.09 bits per heavy atom. The Labute approximate surface area is 199 Å². The summed E-state index contributed by atoms with van der Waals surface area (Å²) in [6.45, 7) is 0. The molecule has 5 aromatic rings. The largest absolute Gasteiger partial charge is 0.312 e. The number of allylic oxidation sites excluding steroid dienone is 1. The Morgan fingerprint density at radius 1 is 0.647 bits per heavy atom. The summed E-state index contributed by atoms with van der Waals surface area (Å²) in [5.41, 5.74) is 4.94. The minimum atomic E-state index is -0.684. The van der Waals surface area contributed by atoms with Gasteiger partial charge in [0.1, 0.15) is 5.54 Å². The molecule has 0 aliphatic carbocycles. The lowest BCUT2D eigenvalue weighted by atomic mass is 9.76. The molecule has 164 valence electrons. The van der Waals surface area contributed by atoms with E-state index in [1.54, 1.807) is 0 Å². The molecule has 0 radical (unpaired) electrons. The van der Waals surface area contributed by atoms with E-state index in [0.29, 0.717) is 5.57 Å². The quantitative estimate of drug-likeness (QED) is 0.165. The topological polar surface area (TPSA) is 34.9 Å². The van der Waals surface area contributed by atoms with Gasteiger partial charge in [-0.2, -0.15) is 0 Å². The molecule has 1 aromatic heterocycles. The van der Waals surface area contributed by atoms with Crippen LogP contribution in [0.4, 0.5) is 0 Å². The number of carbonyl (C=O) groups excluding carboxylic acids is 1. The van der Waals surface area contributed by atoms with Crippen LogP contribution in [0.1, 0.15) is 27.9 Å². The van der Waals surface area contributed by atoms with Crippen LogP contribution in [0.15, 0.2) is 134 Å². The van der Waals surface area contributed by atoms with Gasteiger partial charge in [-0.05, 0) is 28.3 Å². The third-order valence-corrected chi connectivity index (χ3v) is 6.14. The van der Waals surface area contributed by atoms with E-state index in [9.17, 15) is 4.79 Å². The van der Waals surface area contributed by atoms with Crippen molar-refractivity contribution in [1.82, 2.24) is 9.55 Å². The first-order valence-electron chi connectivity index (χ1n) is 11.3. The van der Waals surface area contributed by atoms with Crippen molar-refractivity contribution >= 4 is 17.9 Å². The van der Waals surface area contributed by atoms with E-state index in [0.717, 1.165) is 34.2 Å². The van der Waals surface area contributed by atoms with Crippen LogP contribution in [-0.2, 0) is 10.3 Å². The van der Waals surface area contributed by atoms with E-state index in [2.05, 4.69) is 82.3 Å². The highest BCUT2D eigenvalue weighted by atomic mass is 16.1. The molecule has 34 heavy (non-hydrogen) atoms. The number of rotatable bonds is 7. The molecular formula is C31H24N2O. The van der Waals surface area contributed by atoms with Gasteiger partial charge in [-0.25, -0.2) is 4.98 Å². The van der Waals surface area contributed by atoms with Crippen LogP contribution in [0.5, 0.6) is 0 Å². The van der Waals surface area contributed by atoms with Crippen LogP contribution < -0.4 is 0 Å². The minimum Gasteiger partial charge on any atom is -0.312 e. The van der Waals surface area contributed by atoms with E-state index in [1.165, 1.54) is 0 Å². The molecule has 0 aliphatic heterocycles. The van der Waals surface area contributed by atoms with Gasteiger partial charge in [0.15, 0.2) is 6.29 Å². The monoisotopic (exact) mass is 440 g/mol. The number of aromatic nitrogens is 2. The van der Waals surface area contributed by atoms with Crippen molar-refractivity contribution in [3.05, 3.63) is 162 Å². The van der Waals surface area contributed by atoms with Crippen molar-refractivity contribution in [2.75, 3.05) is 0 Å². The highest BCUT2D eigenvalue weighted by Crippen LogP contribution is 2.41. The molecule has 4 aromatic carbocycles. The third kappa shape index (κ3) is 3.78. The van der Waals surface area contributed by atoms with Crippen LogP contribution in [0, 0.1) is 0 Å². The fourth-order valence-corrected chi connectivity index (χ4v) is 4.62. The smallest absolute Gasteiger partial charge is 0.150 e. The average molecular weight is 441 g/mol. The molecule has 3 nitrogen and oxygen atoms in total. The SMILES string of the molecule is O=CC(=Cc1cncn1C(c1ccccc1)(c1ccccc1)c1ccccc1)c1ccccc1. The molecule has 0 amide bonds. The Kier molecular flexibility index (Phi) is 6.00. The molecule has 0 unspecified atom stereocenters. The van der Waals surface area contributed by atoms with Gasteiger partial charge in [0.2, 0.25) is 0 Å². The summed E-state index contributed by atoms with van der Waals surface area (Å²) in [6, 6.07) is 41.0. The van der Waals surface area contributed by atoms with Crippen molar-refractivity contribution in [1.29, 1.82) is 0 Å². The van der Waals surface area contributed by atoms with Gasteiger partial charge in [0.05, 0.1) is 18.2 Å². The number of carbonyl (C=O) groups is 1. The maximum absolute atomic E-state index is 12.1. The summed E-state index contributed by atoms with van der Waals surface area (Å²) in [6.07, 6.45) is 6.49. The molecule has 0 N–H and O–H groups in total. The summed E-state index contributed by atoms with van der Waals surface area (Å²) < 4.78 is 2.17. The average Bonchev–Trinajstić information content (AvgIpc) is 3.38. The molecule has 0 bridgehead atoms. The van der Waals surface area contributed by atoms with Crippen LogP contribution >= 0.6 is 0 Å². The highest BCUT2D eigenvalue weighted by Gasteiger charge is 2.39. The van der Waals surface area contributed by atoms with Crippen LogP contribution in [-0.4, -0.2) is 15.8 Å². The number of hydrogen-bond acceptors (Lipinski definition) is 2. The molecule has 0 atom stereocenters. The van der Waals surface area contributed by atoms with Crippen LogP contribution in [0.3, 0.4) is 0 Å². The third-order valence-electron chi connectivity index (χ3n) is 6.14. The molecule has 0 aliphatic rings. The summed E-state index contributed by atoms with van der Waals surface area (Å²) >= 11 is 0. The molecule has 0 saturated carbocycles. The zero-order valence-corrected chi connectivity index (χ0v) is 18.7. The number of imidazole rings is 1. The maximum Gasteiger partial charge on any atom is 0.150 e. The standard InChI is InChI=1S/C31H24N2O/c34-23-26(25-13-5-1-6-14-25)21-30-22-32-24-33(30)31(27-15-7-2-8-16-27,28-17-9-3-10-18-28)29-19-11-4-12-20-29/h1-24H. The molecular weight excluding hydrogens is 416 g/mol. The van der Waals surface area contributed by atoms with Crippen molar-refractivity contribution < 1.29 is 4.79 Å². The fourth-order valence-electron chi connectivity index (χ4n) is 4.62. The first-order valence-corrected chi connectivity index (χ1v) is 11.3. The molecule has 0 saturated heterocycles. The second-order valence-corrected chi connectivity index (χ2v) is 8.08. The van der Waals surface area contributed by atoms with Gasteiger partial charge in [-0.3, -0.25) is 4.79 Å². The Bertz CT molecular complexity index is 1290. The second kappa shape index (κ2) is 9.55. The van der Waals surface area contributed by atoms with E-state index in [1.807, 2.05) is 67.1 Å². The van der Waals surface area contributed by atoms with E-state index < -0.39 is 5.54 Å². The second-order valence-electron chi connectivity index (χ2n) is 8.08. The van der Waals surface area contributed by atoms with Crippen molar-refractivity contribution in [3.8, 4) is 0 Å². The van der Waals surface area contributed by atoms with E-state index in [4.69, 9.17) is 0 Å². The van der Waals surface area contributed by atoms with E-state index >= 15 is 0 Å². The Balaban J connectivity index is 1.83. The molecule has 5 rings (SSSR count). The van der Waals surface area contributed by atoms with Gasteiger partial charge < -0.3 is 4.57 Å². The molecule has 0 spiro atoms. The van der Waals surface area contributed by atoms with Crippen molar-refractivity contribution in [2.24, 2.45) is 0 Å². The lowest BCUT2D eigenvalue weighted by Crippen LogP contribution is -2.38. The predicted octanol–water partition coefficient (Wildman–Crippen LogP) is 6.46. The van der Waals surface area contributed by atoms with Crippen LogP contribution in [0.25, 0.3) is 11.6 Å². The summed E-state index contributed by atoms with van der Waals surface area (Å²) in [7, 11) is 0. The number of benzene rings is 4. The van der Waals surface area contributed by atoms with Crippen LogP contribution in [0.2, 0.25) is 0 Å². The van der Waals surface area contributed by atoms with Gasteiger partial charge in [0.25, 0.3) is 0 Å². The fraction of sp³-hybridized carbons (Fsp3) is 0.0323. The lowest BCUT2D eigenvalue weighted by molar-refractivity contribution is -0.103. The van der Waals surface area contributed by atoms with Gasteiger partial charge in [-0.1, -0.05) is 121 Å². The Hall–Kier alpha value is -4.50. The maximum atomic E-state index is 12.1. The molecule has 0 fully saturated rings. The first kappa shape index (κ1) is 21.4. The predicted molar refractivity (Wildman–Crippen MR) is 137 cm³/mol. The Morgan fingerprint density at radius 3 is 1.53 bits per heavy atom. The van der Waals surface area contributed by atoms with Crippen molar-refractivity contribution in [3.63, 3.8) is 0 Å². The van der Waals surface area contributed by atoms with Gasteiger partial charge in [0, 0.05) is 5.57 Å². The van der Waals surface area contributed by atoms with Gasteiger partial charge in [-0.15, -0.1) is 0 Å². The summed E-state index contributed by atoms with van der Waals surface area (Å²) in [4.78, 5) is 16.7. The number of aldehydes is 1. The zero-order chi connectivity index (χ0) is 23.2. The molecule has 3 heteroatoms. The highest BCUT2D eigenvalue weighted by molar-refractivity contribution is 6.13. The number of nitrogens with zero attached hydrogens (tertiary/aromatic N) is 2. The zero-order valence-electron chi connectivity index (χ0n) is 18.7. The normalized spacial score (nSPS) is 11.8. The summed E-state index contributed by atoms with van der Waals surface area (Å²) in [5, 5.41) is 0. The van der Waals surface area contributed by atoms with Crippen molar-refractivity contribution in [2.45, 2.75) is 5.54 Å². The summed E-state index contributed by atoms with van der Waals surface area (Å²) in [5.74, 6) is 0. The first-order chi connectivity index (χ1) is 16.8. The lowest BCUT2D eigenvalue weighted by Gasteiger charge is -2.38. The molecule has 1 heterocycles. The van der Waals surface area contributed by atoms with Gasteiger partial charge >= 0.3 is 0 Å². The minimum absolute atomic E-state index is 0.602.